The first-order valence-corrected chi connectivity index (χ1v) is 8.93. The molecule has 0 spiro atoms. The number of nitrogens with one attached hydrogen (secondary N) is 1. The molecule has 0 saturated heterocycles. The molecule has 0 aliphatic carbocycles. The molecule has 5 heteroatoms. The van der Waals surface area contributed by atoms with E-state index in [1.165, 1.54) is 11.1 Å². The maximum Gasteiger partial charge on any atom is 0.190 e. The molecule has 0 saturated carbocycles. The SMILES string of the molecule is CNC1=C(/C=C(\C)c2cnc(-c3cccnc3)s2)C(C)(C)CCO1. The number of ether oxygens (including phenoxy) is 1. The first-order chi connectivity index (χ1) is 11.5. The van der Waals surface area contributed by atoms with Gasteiger partial charge in [-0.3, -0.25) is 4.98 Å². The van der Waals surface area contributed by atoms with E-state index in [9.17, 15) is 0 Å². The van der Waals surface area contributed by atoms with E-state index < -0.39 is 0 Å². The molecule has 1 aliphatic heterocycles. The second kappa shape index (κ2) is 6.77. The topological polar surface area (TPSA) is 47.0 Å². The Hall–Kier alpha value is -2.14. The van der Waals surface area contributed by atoms with Crippen molar-refractivity contribution in [2.75, 3.05) is 13.7 Å². The zero-order valence-corrected chi connectivity index (χ0v) is 15.4. The van der Waals surface area contributed by atoms with Gasteiger partial charge in [0.15, 0.2) is 5.88 Å². The van der Waals surface area contributed by atoms with Crippen molar-refractivity contribution in [1.29, 1.82) is 0 Å². The Morgan fingerprint density at radius 2 is 2.21 bits per heavy atom. The van der Waals surface area contributed by atoms with Crippen LogP contribution in [0.3, 0.4) is 0 Å². The van der Waals surface area contributed by atoms with Crippen LogP contribution in [0.2, 0.25) is 0 Å². The Bertz CT molecular complexity index is 775. The van der Waals surface area contributed by atoms with Gasteiger partial charge in [-0.2, -0.15) is 0 Å². The van der Waals surface area contributed by atoms with E-state index in [4.69, 9.17) is 4.74 Å². The largest absolute Gasteiger partial charge is 0.479 e. The second-order valence-corrected chi connectivity index (χ2v) is 7.60. The molecule has 3 heterocycles. The van der Waals surface area contributed by atoms with Crippen LogP contribution < -0.4 is 5.32 Å². The van der Waals surface area contributed by atoms with Crippen molar-refractivity contribution in [1.82, 2.24) is 15.3 Å². The minimum absolute atomic E-state index is 0.0920. The van der Waals surface area contributed by atoms with Crippen molar-refractivity contribution in [3.8, 4) is 10.6 Å². The van der Waals surface area contributed by atoms with Gasteiger partial charge in [0.25, 0.3) is 0 Å². The normalized spacial score (nSPS) is 17.6. The summed E-state index contributed by atoms with van der Waals surface area (Å²) in [7, 11) is 1.91. The summed E-state index contributed by atoms with van der Waals surface area (Å²) in [5, 5.41) is 4.18. The lowest BCUT2D eigenvalue weighted by Crippen LogP contribution is -2.28. The summed E-state index contributed by atoms with van der Waals surface area (Å²) in [6, 6.07) is 3.97. The smallest absolute Gasteiger partial charge is 0.190 e. The molecule has 4 nitrogen and oxygen atoms in total. The standard InChI is InChI=1S/C19H23N3OS/c1-13(10-15-17(20-4)23-9-7-19(15,2)3)16-12-22-18(24-16)14-6-5-8-21-11-14/h5-6,8,10-12,20H,7,9H2,1-4H3/b13-10+. The molecular formula is C19H23N3OS. The van der Waals surface area contributed by atoms with E-state index in [1.54, 1.807) is 17.5 Å². The molecule has 2 aromatic rings. The van der Waals surface area contributed by atoms with Crippen LogP contribution in [0.25, 0.3) is 16.1 Å². The maximum atomic E-state index is 5.79. The van der Waals surface area contributed by atoms with E-state index >= 15 is 0 Å². The molecular weight excluding hydrogens is 318 g/mol. The van der Waals surface area contributed by atoms with Gasteiger partial charge in [-0.15, -0.1) is 11.3 Å². The lowest BCUT2D eigenvalue weighted by Gasteiger charge is -2.33. The van der Waals surface area contributed by atoms with Crippen molar-refractivity contribution in [3.63, 3.8) is 0 Å². The highest BCUT2D eigenvalue weighted by molar-refractivity contribution is 7.16. The number of hydrogen-bond acceptors (Lipinski definition) is 5. The lowest BCUT2D eigenvalue weighted by atomic mass is 9.79. The van der Waals surface area contributed by atoms with Crippen molar-refractivity contribution in [2.24, 2.45) is 5.41 Å². The minimum atomic E-state index is 0.0920. The lowest BCUT2D eigenvalue weighted by molar-refractivity contribution is 0.127. The number of pyridine rings is 1. The van der Waals surface area contributed by atoms with Gasteiger partial charge in [-0.05, 0) is 42.5 Å². The van der Waals surface area contributed by atoms with Gasteiger partial charge in [-0.25, -0.2) is 4.98 Å². The van der Waals surface area contributed by atoms with Crippen LogP contribution >= 0.6 is 11.3 Å². The third-order valence-corrected chi connectivity index (χ3v) is 5.52. The van der Waals surface area contributed by atoms with Gasteiger partial charge in [-0.1, -0.05) is 13.8 Å². The van der Waals surface area contributed by atoms with Crippen LogP contribution in [-0.2, 0) is 4.74 Å². The number of allylic oxidation sites excluding steroid dienone is 3. The molecule has 0 unspecified atom stereocenters. The molecule has 0 amide bonds. The highest BCUT2D eigenvalue weighted by atomic mass is 32.1. The summed E-state index contributed by atoms with van der Waals surface area (Å²) in [4.78, 5) is 9.88. The second-order valence-electron chi connectivity index (χ2n) is 6.57. The fourth-order valence-corrected chi connectivity index (χ4v) is 3.64. The molecule has 2 aromatic heterocycles. The van der Waals surface area contributed by atoms with Gasteiger partial charge < -0.3 is 10.1 Å². The maximum absolute atomic E-state index is 5.79. The van der Waals surface area contributed by atoms with Crippen molar-refractivity contribution >= 4 is 16.9 Å². The summed E-state index contributed by atoms with van der Waals surface area (Å²) in [5.74, 6) is 0.877. The van der Waals surface area contributed by atoms with E-state index in [0.717, 1.165) is 34.4 Å². The molecule has 0 aromatic carbocycles. The Morgan fingerprint density at radius 1 is 1.38 bits per heavy atom. The molecule has 0 atom stereocenters. The zero-order valence-electron chi connectivity index (χ0n) is 14.6. The number of thiazole rings is 1. The van der Waals surface area contributed by atoms with Gasteiger partial charge in [0.05, 0.1) is 11.5 Å². The Morgan fingerprint density at radius 3 is 2.92 bits per heavy atom. The van der Waals surface area contributed by atoms with Crippen LogP contribution in [0.4, 0.5) is 0 Å². The average molecular weight is 341 g/mol. The van der Waals surface area contributed by atoms with Crippen LogP contribution in [-0.4, -0.2) is 23.6 Å². The van der Waals surface area contributed by atoms with Crippen LogP contribution in [0, 0.1) is 5.41 Å². The molecule has 1 N–H and O–H groups in total. The molecule has 126 valence electrons. The number of rotatable bonds is 4. The summed E-state index contributed by atoms with van der Waals surface area (Å²) in [6.07, 6.45) is 8.81. The van der Waals surface area contributed by atoms with Crippen LogP contribution in [0.15, 0.2) is 48.3 Å². The van der Waals surface area contributed by atoms with E-state index in [-0.39, 0.29) is 5.41 Å². The monoisotopic (exact) mass is 341 g/mol. The summed E-state index contributed by atoms with van der Waals surface area (Å²) in [6.45, 7) is 7.41. The Kier molecular flexibility index (Phi) is 4.71. The Balaban J connectivity index is 1.94. The predicted molar refractivity (Wildman–Crippen MR) is 99.4 cm³/mol. The highest BCUT2D eigenvalue weighted by Crippen LogP contribution is 2.39. The third-order valence-electron chi connectivity index (χ3n) is 4.34. The molecule has 0 fully saturated rings. The summed E-state index contributed by atoms with van der Waals surface area (Å²) < 4.78 is 5.79. The Labute approximate surface area is 147 Å². The predicted octanol–water partition coefficient (Wildman–Crippen LogP) is 4.49. The minimum Gasteiger partial charge on any atom is -0.479 e. The van der Waals surface area contributed by atoms with Gasteiger partial charge in [0.1, 0.15) is 5.01 Å². The first-order valence-electron chi connectivity index (χ1n) is 8.11. The molecule has 3 rings (SSSR count). The first kappa shape index (κ1) is 16.7. The number of nitrogens with zero attached hydrogens (tertiary/aromatic N) is 2. The molecule has 24 heavy (non-hydrogen) atoms. The quantitative estimate of drug-likeness (QED) is 0.890. The zero-order chi connectivity index (χ0) is 17.2. The van der Waals surface area contributed by atoms with Crippen molar-refractivity contribution in [3.05, 3.63) is 53.1 Å². The van der Waals surface area contributed by atoms with Crippen LogP contribution in [0.5, 0.6) is 0 Å². The summed E-state index contributed by atoms with van der Waals surface area (Å²) in [5.41, 5.74) is 3.56. The fourth-order valence-electron chi connectivity index (χ4n) is 2.76. The van der Waals surface area contributed by atoms with Gasteiger partial charge in [0.2, 0.25) is 0 Å². The number of aromatic nitrogens is 2. The average Bonchev–Trinajstić information content (AvgIpc) is 3.07. The van der Waals surface area contributed by atoms with E-state index in [2.05, 4.69) is 42.1 Å². The van der Waals surface area contributed by atoms with Crippen molar-refractivity contribution in [2.45, 2.75) is 27.2 Å². The van der Waals surface area contributed by atoms with Crippen LogP contribution in [0.1, 0.15) is 32.1 Å². The summed E-state index contributed by atoms with van der Waals surface area (Å²) >= 11 is 1.69. The molecule has 0 radical (unpaired) electrons. The van der Waals surface area contributed by atoms with Gasteiger partial charge in [0, 0.05) is 36.8 Å². The molecule has 0 bridgehead atoms. The highest BCUT2D eigenvalue weighted by Gasteiger charge is 2.30. The molecule has 1 aliphatic rings. The number of hydrogen-bond donors (Lipinski definition) is 1. The van der Waals surface area contributed by atoms with Crippen molar-refractivity contribution < 1.29 is 4.74 Å². The van der Waals surface area contributed by atoms with E-state index in [0.29, 0.717) is 0 Å². The van der Waals surface area contributed by atoms with Gasteiger partial charge >= 0.3 is 0 Å². The van der Waals surface area contributed by atoms with E-state index in [1.807, 2.05) is 31.6 Å². The third kappa shape index (κ3) is 3.36. The fraction of sp³-hybridized carbons (Fsp3) is 0.368.